The van der Waals surface area contributed by atoms with Crippen LogP contribution in [0, 0.1) is 0 Å². The van der Waals surface area contributed by atoms with Crippen LogP contribution >= 0.6 is 0 Å². The summed E-state index contributed by atoms with van der Waals surface area (Å²) in [6, 6.07) is 7.97. The highest BCUT2D eigenvalue weighted by atomic mass is 16.4. The van der Waals surface area contributed by atoms with Crippen molar-refractivity contribution < 1.29 is 9.90 Å². The first-order valence-corrected chi connectivity index (χ1v) is 6.96. The molecule has 0 radical (unpaired) electrons. The lowest BCUT2D eigenvalue weighted by atomic mass is 9.98. The Labute approximate surface area is 129 Å². The van der Waals surface area contributed by atoms with Crippen LogP contribution in [0.4, 0.5) is 0 Å². The zero-order valence-corrected chi connectivity index (χ0v) is 12.1. The number of allylic oxidation sites excluding steroid dienone is 5. The quantitative estimate of drug-likeness (QED) is 0.289. The normalized spacial score (nSPS) is 15.4. The fourth-order valence-electron chi connectivity index (χ4n) is 2.12. The third-order valence-electron chi connectivity index (χ3n) is 3.36. The molecule has 1 aromatic rings. The minimum absolute atomic E-state index is 0.162. The van der Waals surface area contributed by atoms with Crippen molar-refractivity contribution in [2.45, 2.75) is 12.8 Å². The van der Waals surface area contributed by atoms with Gasteiger partial charge in [-0.2, -0.15) is 0 Å². The summed E-state index contributed by atoms with van der Waals surface area (Å²) in [6.07, 6.45) is 12.0. The molecule has 0 spiro atoms. The van der Waals surface area contributed by atoms with Crippen LogP contribution in [0.25, 0.3) is 11.6 Å². The second kappa shape index (κ2) is 7.28. The molecule has 1 aromatic carbocycles. The maximum atomic E-state index is 10.8. The molecule has 5 heteroatoms. The van der Waals surface area contributed by atoms with Crippen molar-refractivity contribution in [3.8, 4) is 0 Å². The predicted molar refractivity (Wildman–Crippen MR) is 88.0 cm³/mol. The molecule has 6 N–H and O–H groups in total. The third kappa shape index (κ3) is 3.86. The Kier molecular flexibility index (Phi) is 5.16. The zero-order chi connectivity index (χ0) is 15.9. The van der Waals surface area contributed by atoms with Gasteiger partial charge in [0.15, 0.2) is 0 Å². The Bertz CT molecular complexity index is 668. The largest absolute Gasteiger partial charge is 0.477 e. The van der Waals surface area contributed by atoms with Crippen molar-refractivity contribution in [3.05, 3.63) is 71.1 Å². The number of nitrogens with one attached hydrogen (secondary N) is 1. The standard InChI is InChI=1S/C17H19N3O2/c18-16(17(21)22)15(20-19)11-8-12-6-9-14(10-7-12)13-4-2-1-3-5-13/h2,4-11,20H,1,3,18-19H2,(H,21,22)/b11-8+,16-15-. The first kappa shape index (κ1) is 15.6. The highest BCUT2D eigenvalue weighted by Crippen LogP contribution is 2.21. The Morgan fingerprint density at radius 1 is 1.23 bits per heavy atom. The third-order valence-corrected chi connectivity index (χ3v) is 3.36. The molecule has 0 unspecified atom stereocenters. The Hall–Kier alpha value is -2.79. The van der Waals surface area contributed by atoms with E-state index in [1.54, 1.807) is 6.08 Å². The molecule has 1 aliphatic carbocycles. The van der Waals surface area contributed by atoms with Gasteiger partial charge in [0.05, 0.1) is 5.70 Å². The van der Waals surface area contributed by atoms with E-state index in [-0.39, 0.29) is 11.4 Å². The van der Waals surface area contributed by atoms with Gasteiger partial charge in [-0.15, -0.1) is 0 Å². The Balaban J connectivity index is 2.16. The van der Waals surface area contributed by atoms with Crippen LogP contribution in [0.1, 0.15) is 24.0 Å². The first-order valence-electron chi connectivity index (χ1n) is 6.96. The second-order valence-corrected chi connectivity index (χ2v) is 4.87. The minimum atomic E-state index is -1.22. The average molecular weight is 297 g/mol. The van der Waals surface area contributed by atoms with E-state index in [0.717, 1.165) is 24.0 Å². The number of carbonyl (C=O) groups is 1. The number of hydrogen-bond donors (Lipinski definition) is 4. The topological polar surface area (TPSA) is 101 Å². The first-order chi connectivity index (χ1) is 10.6. The lowest BCUT2D eigenvalue weighted by molar-refractivity contribution is -0.132. The summed E-state index contributed by atoms with van der Waals surface area (Å²) in [4.78, 5) is 10.8. The van der Waals surface area contributed by atoms with Gasteiger partial charge in [-0.05, 0) is 35.6 Å². The molecule has 114 valence electrons. The van der Waals surface area contributed by atoms with Crippen molar-refractivity contribution in [2.24, 2.45) is 11.6 Å². The molecule has 0 aliphatic heterocycles. The molecule has 0 saturated heterocycles. The van der Waals surface area contributed by atoms with Crippen molar-refractivity contribution in [1.82, 2.24) is 5.43 Å². The zero-order valence-electron chi connectivity index (χ0n) is 12.1. The Morgan fingerprint density at radius 2 is 1.95 bits per heavy atom. The van der Waals surface area contributed by atoms with Crippen LogP contribution in [0.3, 0.4) is 0 Å². The molecule has 2 rings (SSSR count). The van der Waals surface area contributed by atoms with Gasteiger partial charge in [-0.25, -0.2) is 4.79 Å². The average Bonchev–Trinajstić information content (AvgIpc) is 2.56. The van der Waals surface area contributed by atoms with Gasteiger partial charge < -0.3 is 16.3 Å². The van der Waals surface area contributed by atoms with Crippen LogP contribution in [0.5, 0.6) is 0 Å². The van der Waals surface area contributed by atoms with Crippen LogP contribution in [0.2, 0.25) is 0 Å². The number of nitrogens with two attached hydrogens (primary N) is 2. The van der Waals surface area contributed by atoms with E-state index in [0.29, 0.717) is 0 Å². The Morgan fingerprint density at radius 3 is 2.50 bits per heavy atom. The lowest BCUT2D eigenvalue weighted by Gasteiger charge is -2.07. The minimum Gasteiger partial charge on any atom is -0.477 e. The summed E-state index contributed by atoms with van der Waals surface area (Å²) < 4.78 is 0. The number of rotatable bonds is 5. The molecule has 0 atom stereocenters. The predicted octanol–water partition coefficient (Wildman–Crippen LogP) is 2.15. The van der Waals surface area contributed by atoms with Crippen LogP contribution in [-0.4, -0.2) is 11.1 Å². The molecule has 5 nitrogen and oxygen atoms in total. The molecule has 0 fully saturated rings. The molecule has 0 saturated carbocycles. The van der Waals surface area contributed by atoms with Gasteiger partial charge in [0, 0.05) is 0 Å². The van der Waals surface area contributed by atoms with Crippen molar-refractivity contribution in [2.75, 3.05) is 0 Å². The van der Waals surface area contributed by atoms with E-state index in [9.17, 15) is 4.79 Å². The summed E-state index contributed by atoms with van der Waals surface area (Å²) in [5.74, 6) is 4.06. The van der Waals surface area contributed by atoms with Crippen molar-refractivity contribution in [1.29, 1.82) is 0 Å². The number of carboxylic acid groups (broad SMARTS) is 1. The van der Waals surface area contributed by atoms with Crippen LogP contribution in [0.15, 0.2) is 60.0 Å². The molecule has 0 aromatic heterocycles. The van der Waals surface area contributed by atoms with Gasteiger partial charge in [0.25, 0.3) is 0 Å². The number of hydrogen-bond acceptors (Lipinski definition) is 4. The summed E-state index contributed by atoms with van der Waals surface area (Å²) in [6.45, 7) is 0. The van der Waals surface area contributed by atoms with Gasteiger partial charge >= 0.3 is 5.97 Å². The molecule has 1 aliphatic rings. The lowest BCUT2D eigenvalue weighted by Crippen LogP contribution is -2.26. The second-order valence-electron chi connectivity index (χ2n) is 4.87. The summed E-state index contributed by atoms with van der Waals surface area (Å²) in [5, 5.41) is 8.84. The van der Waals surface area contributed by atoms with Gasteiger partial charge in [-0.3, -0.25) is 5.84 Å². The van der Waals surface area contributed by atoms with Gasteiger partial charge in [0.2, 0.25) is 0 Å². The molecule has 0 amide bonds. The van der Waals surface area contributed by atoms with Crippen LogP contribution < -0.4 is 17.0 Å². The van der Waals surface area contributed by atoms with E-state index in [4.69, 9.17) is 16.7 Å². The summed E-state index contributed by atoms with van der Waals surface area (Å²) >= 11 is 0. The monoisotopic (exact) mass is 297 g/mol. The molecule has 0 bridgehead atoms. The fraction of sp³-hybridized carbons (Fsp3) is 0.118. The van der Waals surface area contributed by atoms with Gasteiger partial charge in [0.1, 0.15) is 5.70 Å². The highest BCUT2D eigenvalue weighted by Gasteiger charge is 2.06. The highest BCUT2D eigenvalue weighted by molar-refractivity contribution is 5.87. The van der Waals surface area contributed by atoms with Crippen LogP contribution in [-0.2, 0) is 4.79 Å². The smallest absolute Gasteiger partial charge is 0.353 e. The maximum Gasteiger partial charge on any atom is 0.353 e. The maximum absolute atomic E-state index is 10.8. The number of carboxylic acids is 1. The summed E-state index contributed by atoms with van der Waals surface area (Å²) in [5.41, 5.74) is 10.9. The van der Waals surface area contributed by atoms with Crippen molar-refractivity contribution in [3.63, 3.8) is 0 Å². The van der Waals surface area contributed by atoms with E-state index in [1.165, 1.54) is 11.6 Å². The molecule has 0 heterocycles. The van der Waals surface area contributed by atoms with E-state index < -0.39 is 5.97 Å². The summed E-state index contributed by atoms with van der Waals surface area (Å²) in [7, 11) is 0. The van der Waals surface area contributed by atoms with E-state index in [1.807, 2.05) is 24.3 Å². The fourth-order valence-corrected chi connectivity index (χ4v) is 2.12. The number of aliphatic carboxylic acids is 1. The number of benzene rings is 1. The number of hydrazine groups is 1. The van der Waals surface area contributed by atoms with E-state index in [2.05, 4.69) is 23.7 Å². The molecule has 22 heavy (non-hydrogen) atoms. The van der Waals surface area contributed by atoms with E-state index >= 15 is 0 Å². The SMILES string of the molecule is NNC(/C=C/c1ccc(C2=CCCC=C2)cc1)=C(\N)C(=O)O. The van der Waals surface area contributed by atoms with Gasteiger partial charge in [-0.1, -0.05) is 48.6 Å². The van der Waals surface area contributed by atoms with Crippen molar-refractivity contribution >= 4 is 17.6 Å². The molecular weight excluding hydrogens is 278 g/mol. The molecular formula is C17H19N3O2.